The van der Waals surface area contributed by atoms with Gasteiger partial charge in [0.25, 0.3) is 0 Å². The predicted octanol–water partition coefficient (Wildman–Crippen LogP) is 5.73. The fourth-order valence-electron chi connectivity index (χ4n) is 3.31. The summed E-state index contributed by atoms with van der Waals surface area (Å²) in [5.74, 6) is 1.56. The van der Waals surface area contributed by atoms with Crippen LogP contribution in [0.2, 0.25) is 0 Å². The van der Waals surface area contributed by atoms with Gasteiger partial charge in [-0.15, -0.1) is 10.2 Å². The van der Waals surface area contributed by atoms with Crippen LogP contribution in [-0.2, 0) is 0 Å². The maximum atomic E-state index is 5.28. The third-order valence-electron chi connectivity index (χ3n) is 4.84. The number of nitrogens with zero attached hydrogens (tertiary/aromatic N) is 3. The first-order chi connectivity index (χ1) is 14.2. The summed E-state index contributed by atoms with van der Waals surface area (Å²) in [6.07, 6.45) is 0. The number of thioether (sulfide) groups is 1. The van der Waals surface area contributed by atoms with E-state index < -0.39 is 0 Å². The Morgan fingerprint density at radius 3 is 2.45 bits per heavy atom. The minimum Gasteiger partial charge on any atom is -0.497 e. The monoisotopic (exact) mass is 464 g/mol. The van der Waals surface area contributed by atoms with E-state index in [2.05, 4.69) is 80.1 Å². The van der Waals surface area contributed by atoms with E-state index in [0.717, 1.165) is 26.8 Å². The van der Waals surface area contributed by atoms with Crippen LogP contribution in [0.1, 0.15) is 10.9 Å². The topological polar surface area (TPSA) is 52.0 Å². The Hall–Kier alpha value is -2.77. The van der Waals surface area contributed by atoms with E-state index >= 15 is 0 Å². The molecule has 1 aliphatic heterocycles. The molecule has 29 heavy (non-hydrogen) atoms. The molecule has 3 aromatic carbocycles. The highest BCUT2D eigenvalue weighted by atomic mass is 79.9. The third-order valence-corrected chi connectivity index (χ3v) is 6.59. The third kappa shape index (κ3) is 3.41. The number of hydrogen-bond donors (Lipinski definition) is 1. The molecule has 0 radical (unpaired) electrons. The van der Waals surface area contributed by atoms with Crippen molar-refractivity contribution in [2.45, 2.75) is 10.5 Å². The standard InChI is InChI=1S/C22H17BrN4OS/c1-28-17-11-12-18(19(23)13-17)20-24-25-22-27(20)26-21(29-22)16-9-7-15(8-10-16)14-5-3-2-4-6-14/h2-13,21,26H,1H3. The molecule has 2 heterocycles. The average molecular weight is 465 g/mol. The number of halogens is 1. The van der Waals surface area contributed by atoms with E-state index in [1.165, 1.54) is 16.7 Å². The molecule has 7 heteroatoms. The molecule has 1 aliphatic rings. The maximum Gasteiger partial charge on any atom is 0.212 e. The molecule has 5 rings (SSSR count). The molecule has 1 N–H and O–H groups in total. The molecule has 1 unspecified atom stereocenters. The van der Waals surface area contributed by atoms with E-state index in [-0.39, 0.29) is 5.37 Å². The van der Waals surface area contributed by atoms with Gasteiger partial charge in [-0.05, 0) is 50.8 Å². The summed E-state index contributed by atoms with van der Waals surface area (Å²) in [6, 6.07) is 24.9. The van der Waals surface area contributed by atoms with Gasteiger partial charge in [0, 0.05) is 10.0 Å². The molecule has 0 spiro atoms. The smallest absolute Gasteiger partial charge is 0.212 e. The van der Waals surface area contributed by atoms with Gasteiger partial charge in [-0.3, -0.25) is 0 Å². The molecule has 0 saturated carbocycles. The number of fused-ring (bicyclic) bond motifs is 1. The normalized spacial score (nSPS) is 15.0. The van der Waals surface area contributed by atoms with Crippen LogP contribution in [0.15, 0.2) is 82.4 Å². The number of hydrogen-bond acceptors (Lipinski definition) is 5. The van der Waals surface area contributed by atoms with Gasteiger partial charge in [-0.1, -0.05) is 66.4 Å². The van der Waals surface area contributed by atoms with Gasteiger partial charge in [0.15, 0.2) is 5.82 Å². The Morgan fingerprint density at radius 1 is 0.966 bits per heavy atom. The van der Waals surface area contributed by atoms with Crippen molar-refractivity contribution in [2.75, 3.05) is 12.5 Å². The number of nitrogens with one attached hydrogen (secondary N) is 1. The van der Waals surface area contributed by atoms with Crippen LogP contribution >= 0.6 is 27.7 Å². The second-order valence-electron chi connectivity index (χ2n) is 6.60. The Bertz CT molecular complexity index is 1160. The lowest BCUT2D eigenvalue weighted by Crippen LogP contribution is -2.13. The second-order valence-corrected chi connectivity index (χ2v) is 8.53. The van der Waals surface area contributed by atoms with Gasteiger partial charge in [0.1, 0.15) is 11.1 Å². The second kappa shape index (κ2) is 7.57. The Morgan fingerprint density at radius 2 is 1.72 bits per heavy atom. The number of aromatic nitrogens is 3. The van der Waals surface area contributed by atoms with Crippen LogP contribution in [0, 0.1) is 0 Å². The summed E-state index contributed by atoms with van der Waals surface area (Å²) in [6.45, 7) is 0. The number of benzene rings is 3. The van der Waals surface area contributed by atoms with Gasteiger partial charge in [0.2, 0.25) is 5.16 Å². The van der Waals surface area contributed by atoms with E-state index in [9.17, 15) is 0 Å². The van der Waals surface area contributed by atoms with Crippen molar-refractivity contribution in [2.24, 2.45) is 0 Å². The summed E-state index contributed by atoms with van der Waals surface area (Å²) < 4.78 is 8.15. The summed E-state index contributed by atoms with van der Waals surface area (Å²) in [4.78, 5) is 0. The van der Waals surface area contributed by atoms with Gasteiger partial charge < -0.3 is 10.2 Å². The van der Waals surface area contributed by atoms with Crippen molar-refractivity contribution >= 4 is 27.7 Å². The lowest BCUT2D eigenvalue weighted by molar-refractivity contribution is 0.414. The highest BCUT2D eigenvalue weighted by Gasteiger charge is 2.28. The minimum atomic E-state index is 0.0843. The van der Waals surface area contributed by atoms with Crippen molar-refractivity contribution in [3.05, 3.63) is 82.8 Å². The molecule has 0 fully saturated rings. The van der Waals surface area contributed by atoms with E-state index in [4.69, 9.17) is 4.74 Å². The summed E-state index contributed by atoms with van der Waals surface area (Å²) in [7, 11) is 1.65. The average Bonchev–Trinajstić information content (AvgIpc) is 3.36. The molecule has 5 nitrogen and oxygen atoms in total. The first-order valence-corrected chi connectivity index (χ1v) is 10.8. The van der Waals surface area contributed by atoms with Crippen LogP contribution in [0.25, 0.3) is 22.5 Å². The quantitative estimate of drug-likeness (QED) is 0.417. The zero-order chi connectivity index (χ0) is 19.8. The lowest BCUT2D eigenvalue weighted by atomic mass is 10.0. The van der Waals surface area contributed by atoms with Crippen LogP contribution in [0.5, 0.6) is 5.75 Å². The van der Waals surface area contributed by atoms with Crippen molar-refractivity contribution in [1.29, 1.82) is 0 Å². The Kier molecular flexibility index (Phi) is 4.77. The molecule has 0 aliphatic carbocycles. The van der Waals surface area contributed by atoms with Crippen LogP contribution in [0.3, 0.4) is 0 Å². The van der Waals surface area contributed by atoms with Gasteiger partial charge in [0.05, 0.1) is 7.11 Å². The SMILES string of the molecule is COc1ccc(-c2nnc3n2NC(c2ccc(-c4ccccc4)cc2)S3)c(Br)c1. The lowest BCUT2D eigenvalue weighted by Gasteiger charge is -2.13. The first kappa shape index (κ1) is 18.3. The highest BCUT2D eigenvalue weighted by Crippen LogP contribution is 2.41. The van der Waals surface area contributed by atoms with Crippen LogP contribution < -0.4 is 10.2 Å². The summed E-state index contributed by atoms with van der Waals surface area (Å²) >= 11 is 5.27. The molecule has 0 amide bonds. The fraction of sp³-hybridized carbons (Fsp3) is 0.0909. The number of rotatable bonds is 4. The molecule has 0 saturated heterocycles. The molecular formula is C22H17BrN4OS. The fourth-order valence-corrected chi connectivity index (χ4v) is 4.84. The van der Waals surface area contributed by atoms with Gasteiger partial charge >= 0.3 is 0 Å². The molecular weight excluding hydrogens is 448 g/mol. The molecule has 1 atom stereocenters. The Balaban J connectivity index is 1.40. The summed E-state index contributed by atoms with van der Waals surface area (Å²) in [5.41, 5.74) is 8.09. The maximum absolute atomic E-state index is 5.28. The van der Waals surface area contributed by atoms with Gasteiger partial charge in [-0.2, -0.15) is 0 Å². The van der Waals surface area contributed by atoms with Crippen molar-refractivity contribution in [3.8, 4) is 28.3 Å². The zero-order valence-corrected chi connectivity index (χ0v) is 17.9. The molecule has 4 aromatic rings. The Labute approximate surface area is 181 Å². The van der Waals surface area contributed by atoms with E-state index in [1.54, 1.807) is 18.9 Å². The van der Waals surface area contributed by atoms with Crippen LogP contribution in [-0.4, -0.2) is 22.0 Å². The van der Waals surface area contributed by atoms with Gasteiger partial charge in [-0.25, -0.2) is 4.68 Å². The largest absolute Gasteiger partial charge is 0.497 e. The van der Waals surface area contributed by atoms with Crippen molar-refractivity contribution < 1.29 is 4.74 Å². The number of ether oxygens (including phenoxy) is 1. The molecule has 144 valence electrons. The first-order valence-electron chi connectivity index (χ1n) is 9.11. The number of methoxy groups -OCH3 is 1. The van der Waals surface area contributed by atoms with Crippen molar-refractivity contribution in [1.82, 2.24) is 14.9 Å². The molecule has 0 bridgehead atoms. The van der Waals surface area contributed by atoms with Crippen LogP contribution in [0.4, 0.5) is 0 Å². The van der Waals surface area contributed by atoms with E-state index in [0.29, 0.717) is 0 Å². The zero-order valence-electron chi connectivity index (χ0n) is 15.5. The highest BCUT2D eigenvalue weighted by molar-refractivity contribution is 9.10. The van der Waals surface area contributed by atoms with E-state index in [1.807, 2.05) is 28.9 Å². The van der Waals surface area contributed by atoms with Crippen molar-refractivity contribution in [3.63, 3.8) is 0 Å². The minimum absolute atomic E-state index is 0.0843. The molecule has 1 aromatic heterocycles. The summed E-state index contributed by atoms with van der Waals surface area (Å²) in [5, 5.41) is 9.66. The predicted molar refractivity (Wildman–Crippen MR) is 120 cm³/mol.